The van der Waals surface area contributed by atoms with Gasteiger partial charge in [-0.15, -0.1) is 0 Å². The molecule has 10 heavy (non-hydrogen) atoms. The van der Waals surface area contributed by atoms with Gasteiger partial charge in [-0.2, -0.15) is 0 Å². The van der Waals surface area contributed by atoms with Crippen molar-refractivity contribution in [3.63, 3.8) is 0 Å². The summed E-state index contributed by atoms with van der Waals surface area (Å²) in [6.45, 7) is 0. The molecule has 1 aliphatic heterocycles. The molecule has 0 unspecified atom stereocenters. The number of carbonyl (C=O) groups excluding carboxylic acids is 2. The fourth-order valence-electron chi connectivity index (χ4n) is 0.613. The summed E-state index contributed by atoms with van der Waals surface area (Å²) in [6.07, 6.45) is 0. The molecule has 5 heteroatoms. The number of rotatable bonds is 0. The molecule has 0 atom stereocenters. The van der Waals surface area contributed by atoms with Crippen LogP contribution >= 0.6 is 0 Å². The van der Waals surface area contributed by atoms with Crippen LogP contribution < -0.4 is 0 Å². The summed E-state index contributed by atoms with van der Waals surface area (Å²) in [4.78, 5) is 21.8. The van der Waals surface area contributed by atoms with Crippen molar-refractivity contribution in [3.8, 4) is 0 Å². The number of aliphatic hydroxyl groups excluding tert-OH is 2. The van der Waals surface area contributed by atoms with Gasteiger partial charge < -0.3 is 10.2 Å². The maximum absolute atomic E-state index is 10.6. The lowest BCUT2D eigenvalue weighted by Crippen LogP contribution is -2.26. The van der Waals surface area contributed by atoms with Gasteiger partial charge in [0.25, 0.3) is 11.8 Å². The molecule has 5 nitrogen and oxygen atoms in total. The molecule has 1 aliphatic rings. The van der Waals surface area contributed by atoms with E-state index >= 15 is 0 Å². The number of hydrogen-bond acceptors (Lipinski definition) is 4. The predicted octanol–water partition coefficient (Wildman–Crippen LogP) is -0.687. The molecule has 1 heterocycles. The lowest BCUT2D eigenvalue weighted by Gasteiger charge is -2.02. The molecular formula is C5H5NO4. The Morgan fingerprint density at radius 3 is 1.50 bits per heavy atom. The maximum Gasteiger partial charge on any atom is 0.299 e. The smallest absolute Gasteiger partial charge is 0.299 e. The van der Waals surface area contributed by atoms with E-state index in [4.69, 9.17) is 10.2 Å². The van der Waals surface area contributed by atoms with Crippen LogP contribution in [0.3, 0.4) is 0 Å². The van der Waals surface area contributed by atoms with Gasteiger partial charge in [0.15, 0.2) is 0 Å². The summed E-state index contributed by atoms with van der Waals surface area (Å²) in [5.41, 5.74) is 0. The second kappa shape index (κ2) is 1.73. The van der Waals surface area contributed by atoms with Gasteiger partial charge in [-0.25, -0.2) is 0 Å². The average molecular weight is 143 g/mol. The van der Waals surface area contributed by atoms with Gasteiger partial charge in [0.2, 0.25) is 11.5 Å². The molecule has 0 spiro atoms. The third-order valence-corrected chi connectivity index (χ3v) is 1.24. The Hall–Kier alpha value is -1.52. The fraction of sp³-hybridized carbons (Fsp3) is 0.200. The van der Waals surface area contributed by atoms with Crippen molar-refractivity contribution < 1.29 is 19.8 Å². The second-order valence-corrected chi connectivity index (χ2v) is 1.87. The van der Waals surface area contributed by atoms with Crippen LogP contribution in [0.15, 0.2) is 11.5 Å². The number of nitrogens with zero attached hydrogens (tertiary/aromatic N) is 1. The lowest BCUT2D eigenvalue weighted by atomic mass is 10.4. The van der Waals surface area contributed by atoms with Crippen LogP contribution in [0.25, 0.3) is 0 Å². The molecule has 0 bridgehead atoms. The highest BCUT2D eigenvalue weighted by Crippen LogP contribution is 2.13. The number of amides is 2. The fourth-order valence-corrected chi connectivity index (χ4v) is 0.613. The second-order valence-electron chi connectivity index (χ2n) is 1.87. The minimum absolute atomic E-state index is 0.630. The Morgan fingerprint density at radius 1 is 1.10 bits per heavy atom. The van der Waals surface area contributed by atoms with Crippen LogP contribution in [-0.4, -0.2) is 34.0 Å². The zero-order chi connectivity index (χ0) is 7.89. The Bertz CT molecular complexity index is 218. The molecule has 0 saturated heterocycles. The number of hydrogen-bond donors (Lipinski definition) is 2. The van der Waals surface area contributed by atoms with Crippen LogP contribution in [0.5, 0.6) is 0 Å². The van der Waals surface area contributed by atoms with Gasteiger partial charge in [-0.1, -0.05) is 0 Å². The molecule has 2 N–H and O–H groups in total. The summed E-state index contributed by atoms with van der Waals surface area (Å²) in [5.74, 6) is -3.51. The van der Waals surface area contributed by atoms with Crippen molar-refractivity contribution >= 4 is 11.8 Å². The molecule has 0 aromatic heterocycles. The van der Waals surface area contributed by atoms with Gasteiger partial charge in [-0.3, -0.25) is 14.5 Å². The largest absolute Gasteiger partial charge is 0.500 e. The number of imide groups is 1. The number of aliphatic hydroxyl groups is 2. The van der Waals surface area contributed by atoms with Crippen molar-refractivity contribution in [2.45, 2.75) is 0 Å². The van der Waals surface area contributed by atoms with Crippen LogP contribution in [0, 0.1) is 0 Å². The quantitative estimate of drug-likeness (QED) is 0.440. The molecule has 0 aliphatic carbocycles. The highest BCUT2D eigenvalue weighted by Gasteiger charge is 2.35. The van der Waals surface area contributed by atoms with Crippen LogP contribution in [-0.2, 0) is 9.59 Å². The first-order chi connectivity index (χ1) is 4.55. The summed E-state index contributed by atoms with van der Waals surface area (Å²) >= 11 is 0. The van der Waals surface area contributed by atoms with Crippen LogP contribution in [0.2, 0.25) is 0 Å². The lowest BCUT2D eigenvalue weighted by molar-refractivity contribution is -0.137. The molecule has 54 valence electrons. The minimum atomic E-state index is -0.882. The van der Waals surface area contributed by atoms with Crippen LogP contribution in [0.4, 0.5) is 0 Å². The van der Waals surface area contributed by atoms with E-state index < -0.39 is 23.3 Å². The predicted molar refractivity (Wildman–Crippen MR) is 30.1 cm³/mol. The summed E-state index contributed by atoms with van der Waals surface area (Å²) in [5, 5.41) is 17.2. The van der Waals surface area contributed by atoms with Gasteiger partial charge in [0.1, 0.15) is 0 Å². The molecule has 0 fully saturated rings. The molecule has 0 aromatic rings. The van der Waals surface area contributed by atoms with Crippen molar-refractivity contribution in [2.24, 2.45) is 0 Å². The molecule has 2 amide bonds. The first-order valence-corrected chi connectivity index (χ1v) is 2.50. The van der Waals surface area contributed by atoms with Crippen molar-refractivity contribution in [2.75, 3.05) is 7.05 Å². The Morgan fingerprint density at radius 2 is 1.40 bits per heavy atom. The van der Waals surface area contributed by atoms with E-state index in [-0.39, 0.29) is 0 Å². The first kappa shape index (κ1) is 6.60. The highest BCUT2D eigenvalue weighted by atomic mass is 16.3. The van der Waals surface area contributed by atoms with E-state index in [1.807, 2.05) is 0 Å². The third kappa shape index (κ3) is 0.570. The SMILES string of the molecule is CN1C(=O)C(O)=C(O)C1=O. The maximum atomic E-state index is 10.6. The van der Waals surface area contributed by atoms with E-state index in [0.717, 1.165) is 0 Å². The Labute approximate surface area is 56.2 Å². The van der Waals surface area contributed by atoms with Gasteiger partial charge in [0, 0.05) is 7.05 Å². The Balaban J connectivity index is 3.11. The molecule has 0 aromatic carbocycles. The standard InChI is InChI=1S/C5H5NO4/c1-6-4(9)2(7)3(8)5(6)10/h7-8H,1H3. The number of likely N-dealkylation sites (N-methyl/N-ethyl adjacent to an activating group) is 1. The average Bonchev–Trinajstić information content (AvgIpc) is 2.07. The summed E-state index contributed by atoms with van der Waals surface area (Å²) < 4.78 is 0. The normalized spacial score (nSPS) is 19.1. The third-order valence-electron chi connectivity index (χ3n) is 1.24. The number of carbonyl (C=O) groups is 2. The molecule has 1 rings (SSSR count). The van der Waals surface area contributed by atoms with Crippen LogP contribution in [0.1, 0.15) is 0 Å². The van der Waals surface area contributed by atoms with Crippen molar-refractivity contribution in [1.29, 1.82) is 0 Å². The monoisotopic (exact) mass is 143 g/mol. The van der Waals surface area contributed by atoms with E-state index in [1.54, 1.807) is 0 Å². The zero-order valence-corrected chi connectivity index (χ0v) is 5.16. The van der Waals surface area contributed by atoms with Crippen molar-refractivity contribution in [3.05, 3.63) is 11.5 Å². The first-order valence-electron chi connectivity index (χ1n) is 2.50. The van der Waals surface area contributed by atoms with E-state index in [0.29, 0.717) is 4.90 Å². The zero-order valence-electron chi connectivity index (χ0n) is 5.16. The molecular weight excluding hydrogens is 138 g/mol. The highest BCUT2D eigenvalue weighted by molar-refractivity contribution is 6.16. The molecule has 0 saturated carbocycles. The van der Waals surface area contributed by atoms with E-state index in [2.05, 4.69) is 0 Å². The van der Waals surface area contributed by atoms with Gasteiger partial charge in [-0.05, 0) is 0 Å². The van der Waals surface area contributed by atoms with E-state index in [1.165, 1.54) is 7.05 Å². The van der Waals surface area contributed by atoms with Gasteiger partial charge in [0.05, 0.1) is 0 Å². The van der Waals surface area contributed by atoms with E-state index in [9.17, 15) is 9.59 Å². The topological polar surface area (TPSA) is 77.8 Å². The van der Waals surface area contributed by atoms with Crippen molar-refractivity contribution in [1.82, 2.24) is 4.90 Å². The van der Waals surface area contributed by atoms with Gasteiger partial charge >= 0.3 is 0 Å². The minimum Gasteiger partial charge on any atom is -0.500 e. The Kier molecular flexibility index (Phi) is 1.14. The summed E-state index contributed by atoms with van der Waals surface area (Å²) in [7, 11) is 1.17. The summed E-state index contributed by atoms with van der Waals surface area (Å²) in [6, 6.07) is 0. The molecule has 0 radical (unpaired) electrons.